The summed E-state index contributed by atoms with van der Waals surface area (Å²) >= 11 is 0. The van der Waals surface area contributed by atoms with E-state index in [1.165, 1.54) is 37.8 Å². The molecule has 3 rings (SSSR count). The van der Waals surface area contributed by atoms with E-state index in [0.29, 0.717) is 17.4 Å². The number of nitrogens with zero attached hydrogens (tertiary/aromatic N) is 2. The summed E-state index contributed by atoms with van der Waals surface area (Å²) in [6.07, 6.45) is 5.15. The fourth-order valence-corrected chi connectivity index (χ4v) is 2.76. The summed E-state index contributed by atoms with van der Waals surface area (Å²) in [5.74, 6) is 0.931. The maximum Gasteiger partial charge on any atom is 0.201 e. The van der Waals surface area contributed by atoms with Gasteiger partial charge in [-0.15, -0.1) is 0 Å². The van der Waals surface area contributed by atoms with Crippen molar-refractivity contribution in [3.8, 4) is 0 Å². The molecule has 90 valence electrons. The Morgan fingerprint density at radius 3 is 2.88 bits per heavy atom. The van der Waals surface area contributed by atoms with Gasteiger partial charge in [-0.2, -0.15) is 0 Å². The summed E-state index contributed by atoms with van der Waals surface area (Å²) in [5, 5.41) is 0. The summed E-state index contributed by atoms with van der Waals surface area (Å²) in [4.78, 5) is 4.22. The standard InChI is InChI=1S/C13H16FN3/c14-10-5-6-12-11(7-10)16-13(15)17(12)8-9-3-1-2-4-9/h5-7,9H,1-4,8H2,(H2,15,16). The van der Waals surface area contributed by atoms with Crippen LogP contribution in [0.15, 0.2) is 18.2 Å². The largest absolute Gasteiger partial charge is 0.369 e. The minimum atomic E-state index is -0.261. The molecular formula is C13H16FN3. The molecule has 0 atom stereocenters. The molecule has 1 aliphatic rings. The number of benzene rings is 1. The third kappa shape index (κ3) is 1.88. The van der Waals surface area contributed by atoms with Crippen LogP contribution in [0.4, 0.5) is 10.3 Å². The van der Waals surface area contributed by atoms with Gasteiger partial charge in [0.25, 0.3) is 0 Å². The van der Waals surface area contributed by atoms with E-state index in [1.54, 1.807) is 6.07 Å². The zero-order chi connectivity index (χ0) is 11.8. The van der Waals surface area contributed by atoms with E-state index in [-0.39, 0.29) is 5.82 Å². The van der Waals surface area contributed by atoms with Crippen LogP contribution in [0.3, 0.4) is 0 Å². The first kappa shape index (κ1) is 10.6. The monoisotopic (exact) mass is 233 g/mol. The second-order valence-electron chi connectivity index (χ2n) is 4.86. The average Bonchev–Trinajstić information content (AvgIpc) is 2.88. The summed E-state index contributed by atoms with van der Waals surface area (Å²) in [5.41, 5.74) is 7.50. The topological polar surface area (TPSA) is 43.8 Å². The van der Waals surface area contributed by atoms with Crippen LogP contribution in [0.25, 0.3) is 11.0 Å². The molecule has 0 unspecified atom stereocenters. The van der Waals surface area contributed by atoms with Crippen molar-refractivity contribution in [2.45, 2.75) is 32.2 Å². The Hall–Kier alpha value is -1.58. The Balaban J connectivity index is 1.99. The average molecular weight is 233 g/mol. The Morgan fingerprint density at radius 1 is 1.35 bits per heavy atom. The van der Waals surface area contributed by atoms with Crippen LogP contribution in [0.2, 0.25) is 0 Å². The maximum absolute atomic E-state index is 13.1. The molecule has 0 bridgehead atoms. The summed E-state index contributed by atoms with van der Waals surface area (Å²) in [6.45, 7) is 0.911. The Labute approximate surface area is 99.4 Å². The molecule has 0 aliphatic heterocycles. The number of hydrogen-bond acceptors (Lipinski definition) is 2. The lowest BCUT2D eigenvalue weighted by atomic mass is 10.1. The maximum atomic E-state index is 13.1. The van der Waals surface area contributed by atoms with Crippen LogP contribution < -0.4 is 5.73 Å². The van der Waals surface area contributed by atoms with Gasteiger partial charge in [-0.25, -0.2) is 9.37 Å². The fourth-order valence-electron chi connectivity index (χ4n) is 2.76. The number of hydrogen-bond donors (Lipinski definition) is 1. The highest BCUT2D eigenvalue weighted by Crippen LogP contribution is 2.29. The van der Waals surface area contributed by atoms with E-state index in [2.05, 4.69) is 4.98 Å². The molecule has 1 aliphatic carbocycles. The van der Waals surface area contributed by atoms with Crippen LogP contribution in [0.1, 0.15) is 25.7 Å². The van der Waals surface area contributed by atoms with Gasteiger partial charge in [-0.1, -0.05) is 12.8 Å². The molecule has 1 aromatic heterocycles. The molecule has 0 radical (unpaired) electrons. The van der Waals surface area contributed by atoms with Crippen molar-refractivity contribution in [3.05, 3.63) is 24.0 Å². The molecule has 0 saturated heterocycles. The second-order valence-corrected chi connectivity index (χ2v) is 4.86. The van der Waals surface area contributed by atoms with Gasteiger partial charge < -0.3 is 10.3 Å². The Morgan fingerprint density at radius 2 is 2.12 bits per heavy atom. The van der Waals surface area contributed by atoms with Gasteiger partial charge in [0.1, 0.15) is 5.82 Å². The number of rotatable bonds is 2. The molecule has 0 spiro atoms. The smallest absolute Gasteiger partial charge is 0.201 e. The lowest BCUT2D eigenvalue weighted by Crippen LogP contribution is -2.10. The van der Waals surface area contributed by atoms with Crippen LogP contribution in [0.5, 0.6) is 0 Å². The molecule has 1 fully saturated rings. The van der Waals surface area contributed by atoms with Gasteiger partial charge >= 0.3 is 0 Å². The van der Waals surface area contributed by atoms with E-state index < -0.39 is 0 Å². The number of anilines is 1. The van der Waals surface area contributed by atoms with E-state index in [4.69, 9.17) is 5.73 Å². The quantitative estimate of drug-likeness (QED) is 0.866. The normalized spacial score (nSPS) is 17.0. The minimum Gasteiger partial charge on any atom is -0.369 e. The molecule has 1 aromatic carbocycles. The number of nitrogens with two attached hydrogens (primary N) is 1. The summed E-state index contributed by atoms with van der Waals surface area (Å²) < 4.78 is 15.1. The minimum absolute atomic E-state index is 0.261. The zero-order valence-electron chi connectivity index (χ0n) is 9.69. The third-order valence-corrected chi connectivity index (χ3v) is 3.66. The highest BCUT2D eigenvalue weighted by atomic mass is 19.1. The third-order valence-electron chi connectivity index (χ3n) is 3.66. The molecule has 2 aromatic rings. The van der Waals surface area contributed by atoms with Crippen molar-refractivity contribution in [2.75, 3.05) is 5.73 Å². The number of nitrogen functional groups attached to an aromatic ring is 1. The first-order chi connectivity index (χ1) is 8.24. The second kappa shape index (κ2) is 4.02. The number of halogens is 1. The first-order valence-electron chi connectivity index (χ1n) is 6.15. The lowest BCUT2D eigenvalue weighted by Gasteiger charge is -2.12. The van der Waals surface area contributed by atoms with Gasteiger partial charge in [0.2, 0.25) is 5.95 Å². The predicted molar refractivity (Wildman–Crippen MR) is 66.1 cm³/mol. The van der Waals surface area contributed by atoms with Crippen LogP contribution in [0, 0.1) is 11.7 Å². The Bertz CT molecular complexity index is 541. The molecule has 1 heterocycles. The van der Waals surface area contributed by atoms with Gasteiger partial charge in [0.05, 0.1) is 11.0 Å². The molecule has 1 saturated carbocycles. The van der Waals surface area contributed by atoms with E-state index >= 15 is 0 Å². The number of aromatic nitrogens is 2. The summed E-state index contributed by atoms with van der Waals surface area (Å²) in [6, 6.07) is 4.68. The van der Waals surface area contributed by atoms with Crippen molar-refractivity contribution in [1.29, 1.82) is 0 Å². The van der Waals surface area contributed by atoms with Crippen LogP contribution >= 0.6 is 0 Å². The molecular weight excluding hydrogens is 217 g/mol. The van der Waals surface area contributed by atoms with E-state index in [9.17, 15) is 4.39 Å². The molecule has 2 N–H and O–H groups in total. The first-order valence-corrected chi connectivity index (χ1v) is 6.15. The highest BCUT2D eigenvalue weighted by Gasteiger charge is 2.18. The molecule has 3 nitrogen and oxygen atoms in total. The van der Waals surface area contributed by atoms with Crippen molar-refractivity contribution < 1.29 is 4.39 Å². The fraction of sp³-hybridized carbons (Fsp3) is 0.462. The van der Waals surface area contributed by atoms with Crippen molar-refractivity contribution in [1.82, 2.24) is 9.55 Å². The van der Waals surface area contributed by atoms with Crippen molar-refractivity contribution >= 4 is 17.0 Å². The number of imidazole rings is 1. The zero-order valence-corrected chi connectivity index (χ0v) is 9.69. The molecule has 17 heavy (non-hydrogen) atoms. The van der Waals surface area contributed by atoms with Gasteiger partial charge in [0.15, 0.2) is 0 Å². The van der Waals surface area contributed by atoms with Crippen LogP contribution in [-0.4, -0.2) is 9.55 Å². The predicted octanol–water partition coefficient (Wildman–Crippen LogP) is 2.95. The molecule has 0 amide bonds. The van der Waals surface area contributed by atoms with Gasteiger partial charge in [-0.3, -0.25) is 0 Å². The van der Waals surface area contributed by atoms with Crippen molar-refractivity contribution in [3.63, 3.8) is 0 Å². The van der Waals surface area contributed by atoms with Crippen LogP contribution in [-0.2, 0) is 6.54 Å². The summed E-state index contributed by atoms with van der Waals surface area (Å²) in [7, 11) is 0. The lowest BCUT2D eigenvalue weighted by molar-refractivity contribution is 0.468. The SMILES string of the molecule is Nc1nc2cc(F)ccc2n1CC1CCCC1. The Kier molecular flexibility index (Phi) is 2.50. The van der Waals surface area contributed by atoms with E-state index in [0.717, 1.165) is 12.1 Å². The molecule has 4 heteroatoms. The van der Waals surface area contributed by atoms with Gasteiger partial charge in [0, 0.05) is 12.6 Å². The highest BCUT2D eigenvalue weighted by molar-refractivity contribution is 5.78. The van der Waals surface area contributed by atoms with Gasteiger partial charge in [-0.05, 0) is 30.9 Å². The van der Waals surface area contributed by atoms with Crippen molar-refractivity contribution in [2.24, 2.45) is 5.92 Å². The van der Waals surface area contributed by atoms with E-state index in [1.807, 2.05) is 4.57 Å². The number of fused-ring (bicyclic) bond motifs is 1.